The molecule has 0 saturated heterocycles. The third kappa shape index (κ3) is 3.72. The molecule has 102 valence electrons. The zero-order chi connectivity index (χ0) is 13.7. The lowest BCUT2D eigenvalue weighted by Crippen LogP contribution is -2.36. The molecule has 3 heteroatoms. The Hall–Kier alpha value is -1.06. The van der Waals surface area contributed by atoms with Crippen LogP contribution in [0.5, 0.6) is 5.75 Å². The van der Waals surface area contributed by atoms with Crippen molar-refractivity contribution < 1.29 is 4.74 Å². The summed E-state index contributed by atoms with van der Waals surface area (Å²) in [6.07, 6.45) is 0.991. The molecule has 1 aromatic rings. The van der Waals surface area contributed by atoms with Gasteiger partial charge in [0.2, 0.25) is 0 Å². The van der Waals surface area contributed by atoms with E-state index in [4.69, 9.17) is 10.5 Å². The van der Waals surface area contributed by atoms with Gasteiger partial charge in [-0.05, 0) is 57.0 Å². The lowest BCUT2D eigenvalue weighted by atomic mass is 10.0. The molecule has 0 heterocycles. The Labute approximate surface area is 111 Å². The normalized spacial score (nSPS) is 12.8. The molecule has 18 heavy (non-hydrogen) atoms. The lowest BCUT2D eigenvalue weighted by Gasteiger charge is -2.23. The third-order valence-corrected chi connectivity index (χ3v) is 3.72. The lowest BCUT2D eigenvalue weighted by molar-refractivity contribution is 0.265. The van der Waals surface area contributed by atoms with E-state index in [-0.39, 0.29) is 0 Å². The average Bonchev–Trinajstić information content (AvgIpc) is 2.38. The molecular formula is C15H26N2O. The van der Waals surface area contributed by atoms with Crippen LogP contribution in [0.1, 0.15) is 23.6 Å². The molecule has 0 aromatic heterocycles. The second kappa shape index (κ2) is 6.76. The first-order chi connectivity index (χ1) is 8.49. The van der Waals surface area contributed by atoms with Gasteiger partial charge in [0.15, 0.2) is 0 Å². The first-order valence-electron chi connectivity index (χ1n) is 6.54. The topological polar surface area (TPSA) is 38.5 Å². The predicted molar refractivity (Wildman–Crippen MR) is 77.3 cm³/mol. The van der Waals surface area contributed by atoms with Gasteiger partial charge in [-0.15, -0.1) is 0 Å². The SMILES string of the molecule is COc1cc(C)c(C)cc1CCN(C)C(C)CN. The van der Waals surface area contributed by atoms with Crippen LogP contribution in [0.25, 0.3) is 0 Å². The van der Waals surface area contributed by atoms with E-state index in [1.807, 2.05) is 0 Å². The van der Waals surface area contributed by atoms with Crippen molar-refractivity contribution in [2.24, 2.45) is 5.73 Å². The van der Waals surface area contributed by atoms with E-state index in [0.29, 0.717) is 12.6 Å². The molecule has 3 nitrogen and oxygen atoms in total. The first-order valence-corrected chi connectivity index (χ1v) is 6.54. The van der Waals surface area contributed by atoms with E-state index >= 15 is 0 Å². The van der Waals surface area contributed by atoms with Crippen LogP contribution in [0.3, 0.4) is 0 Å². The fourth-order valence-electron chi connectivity index (χ4n) is 1.93. The number of rotatable bonds is 6. The molecule has 1 atom stereocenters. The number of nitrogens with zero attached hydrogens (tertiary/aromatic N) is 1. The highest BCUT2D eigenvalue weighted by atomic mass is 16.5. The van der Waals surface area contributed by atoms with Gasteiger partial charge in [0, 0.05) is 19.1 Å². The smallest absolute Gasteiger partial charge is 0.122 e. The molecule has 0 aliphatic rings. The van der Waals surface area contributed by atoms with Gasteiger partial charge >= 0.3 is 0 Å². The molecule has 1 rings (SSSR count). The van der Waals surface area contributed by atoms with Crippen LogP contribution in [0.2, 0.25) is 0 Å². The highest BCUT2D eigenvalue weighted by Crippen LogP contribution is 2.23. The molecule has 0 aliphatic carbocycles. The number of likely N-dealkylation sites (N-methyl/N-ethyl adjacent to an activating group) is 1. The second-order valence-electron chi connectivity index (χ2n) is 5.06. The summed E-state index contributed by atoms with van der Waals surface area (Å²) in [5, 5.41) is 0. The summed E-state index contributed by atoms with van der Waals surface area (Å²) in [5.41, 5.74) is 9.55. The molecule has 0 bridgehead atoms. The van der Waals surface area contributed by atoms with Crippen molar-refractivity contribution in [3.05, 3.63) is 28.8 Å². The maximum absolute atomic E-state index is 5.68. The Morgan fingerprint density at radius 2 is 1.89 bits per heavy atom. The predicted octanol–water partition coefficient (Wildman–Crippen LogP) is 2.13. The largest absolute Gasteiger partial charge is 0.496 e. The minimum atomic E-state index is 0.419. The van der Waals surface area contributed by atoms with Gasteiger partial charge in [0.05, 0.1) is 7.11 Å². The Morgan fingerprint density at radius 1 is 1.28 bits per heavy atom. The van der Waals surface area contributed by atoms with Crippen molar-refractivity contribution in [3.8, 4) is 5.75 Å². The van der Waals surface area contributed by atoms with Crippen LogP contribution in [-0.2, 0) is 6.42 Å². The summed E-state index contributed by atoms with van der Waals surface area (Å²) in [6, 6.07) is 4.77. The van der Waals surface area contributed by atoms with Gasteiger partial charge in [-0.1, -0.05) is 6.07 Å². The standard InChI is InChI=1S/C15H26N2O/c1-11-8-14(15(18-5)9-12(11)2)6-7-17(4)13(3)10-16/h8-9,13H,6-7,10,16H2,1-5H3. The van der Waals surface area contributed by atoms with Crippen LogP contribution in [-0.4, -0.2) is 38.2 Å². The molecule has 0 aliphatic heterocycles. The quantitative estimate of drug-likeness (QED) is 0.840. The van der Waals surface area contributed by atoms with Crippen molar-refractivity contribution in [2.45, 2.75) is 33.2 Å². The van der Waals surface area contributed by atoms with Gasteiger partial charge in [-0.3, -0.25) is 0 Å². The van der Waals surface area contributed by atoms with E-state index in [9.17, 15) is 0 Å². The minimum absolute atomic E-state index is 0.419. The molecule has 2 N–H and O–H groups in total. The Morgan fingerprint density at radius 3 is 2.44 bits per heavy atom. The summed E-state index contributed by atoms with van der Waals surface area (Å²) in [4.78, 5) is 2.29. The van der Waals surface area contributed by atoms with Crippen molar-refractivity contribution >= 4 is 0 Å². The number of aryl methyl sites for hydroxylation is 2. The molecule has 0 fully saturated rings. The van der Waals surface area contributed by atoms with Gasteiger partial charge in [-0.2, -0.15) is 0 Å². The second-order valence-corrected chi connectivity index (χ2v) is 5.06. The number of benzene rings is 1. The highest BCUT2D eigenvalue weighted by Gasteiger charge is 2.10. The monoisotopic (exact) mass is 250 g/mol. The number of hydrogen-bond donors (Lipinski definition) is 1. The van der Waals surface area contributed by atoms with E-state index in [1.54, 1.807) is 7.11 Å². The fraction of sp³-hybridized carbons (Fsp3) is 0.600. The maximum Gasteiger partial charge on any atom is 0.122 e. The summed E-state index contributed by atoms with van der Waals surface area (Å²) in [5.74, 6) is 0.993. The van der Waals surface area contributed by atoms with Crippen LogP contribution in [0, 0.1) is 13.8 Å². The maximum atomic E-state index is 5.68. The van der Waals surface area contributed by atoms with E-state index in [2.05, 4.69) is 44.9 Å². The van der Waals surface area contributed by atoms with E-state index < -0.39 is 0 Å². The van der Waals surface area contributed by atoms with Crippen molar-refractivity contribution in [1.82, 2.24) is 4.90 Å². The zero-order valence-corrected chi connectivity index (χ0v) is 12.3. The number of ether oxygens (including phenoxy) is 1. The molecule has 0 amide bonds. The molecule has 0 spiro atoms. The van der Waals surface area contributed by atoms with Gasteiger partial charge in [-0.25, -0.2) is 0 Å². The van der Waals surface area contributed by atoms with Crippen molar-refractivity contribution in [1.29, 1.82) is 0 Å². The number of hydrogen-bond acceptors (Lipinski definition) is 3. The fourth-order valence-corrected chi connectivity index (χ4v) is 1.93. The summed E-state index contributed by atoms with van der Waals surface area (Å²) in [7, 11) is 3.85. The van der Waals surface area contributed by atoms with Gasteiger partial charge < -0.3 is 15.4 Å². The Bertz CT molecular complexity index is 390. The molecular weight excluding hydrogens is 224 g/mol. The van der Waals surface area contributed by atoms with E-state index in [1.165, 1.54) is 16.7 Å². The molecule has 0 radical (unpaired) electrons. The summed E-state index contributed by atoms with van der Waals surface area (Å²) in [6.45, 7) is 8.10. The third-order valence-electron chi connectivity index (χ3n) is 3.72. The number of methoxy groups -OCH3 is 1. The summed E-state index contributed by atoms with van der Waals surface area (Å²) < 4.78 is 5.46. The highest BCUT2D eigenvalue weighted by molar-refractivity contribution is 5.41. The zero-order valence-electron chi connectivity index (χ0n) is 12.3. The van der Waals surface area contributed by atoms with E-state index in [0.717, 1.165) is 18.7 Å². The Kier molecular flexibility index (Phi) is 5.63. The van der Waals surface area contributed by atoms with Crippen LogP contribution in [0.4, 0.5) is 0 Å². The molecule has 0 saturated carbocycles. The van der Waals surface area contributed by atoms with Crippen molar-refractivity contribution in [2.75, 3.05) is 27.2 Å². The average molecular weight is 250 g/mol. The van der Waals surface area contributed by atoms with Gasteiger partial charge in [0.25, 0.3) is 0 Å². The summed E-state index contributed by atoms with van der Waals surface area (Å²) >= 11 is 0. The first kappa shape index (κ1) is 15.0. The minimum Gasteiger partial charge on any atom is -0.496 e. The van der Waals surface area contributed by atoms with Crippen LogP contribution >= 0.6 is 0 Å². The van der Waals surface area contributed by atoms with Crippen LogP contribution < -0.4 is 10.5 Å². The van der Waals surface area contributed by atoms with Crippen LogP contribution in [0.15, 0.2) is 12.1 Å². The van der Waals surface area contributed by atoms with Crippen molar-refractivity contribution in [3.63, 3.8) is 0 Å². The Balaban J connectivity index is 2.75. The van der Waals surface area contributed by atoms with Gasteiger partial charge in [0.1, 0.15) is 5.75 Å². The number of nitrogens with two attached hydrogens (primary N) is 1. The molecule has 1 unspecified atom stereocenters. The molecule has 1 aromatic carbocycles.